The average molecular weight is 287 g/mol. The molecule has 0 aliphatic carbocycles. The van der Waals surface area contributed by atoms with Crippen molar-refractivity contribution in [3.63, 3.8) is 0 Å². The monoisotopic (exact) mass is 287 g/mol. The number of amidine groups is 1. The lowest BCUT2D eigenvalue weighted by Gasteiger charge is -2.33. The molecule has 106 valence electrons. The number of oxime groups is 1. The molecule has 1 atom stereocenters. The van der Waals surface area contributed by atoms with Crippen molar-refractivity contribution in [1.29, 1.82) is 0 Å². The summed E-state index contributed by atoms with van der Waals surface area (Å²) in [6, 6.07) is -0.604. The van der Waals surface area contributed by atoms with Crippen molar-refractivity contribution in [2.75, 3.05) is 6.54 Å². The maximum absolute atomic E-state index is 12.5. The summed E-state index contributed by atoms with van der Waals surface area (Å²) in [5, 5.41) is 11.7. The molecule has 8 nitrogen and oxygen atoms in total. The molecule has 19 heavy (non-hydrogen) atoms. The van der Waals surface area contributed by atoms with Crippen LogP contribution in [0.2, 0.25) is 0 Å². The van der Waals surface area contributed by atoms with Crippen molar-refractivity contribution in [3.05, 3.63) is 12.0 Å². The molecule has 4 N–H and O–H groups in total. The molecule has 0 aromatic carbocycles. The van der Waals surface area contributed by atoms with Crippen molar-refractivity contribution in [3.8, 4) is 0 Å². The number of aromatic amines is 1. The van der Waals surface area contributed by atoms with E-state index in [1.165, 1.54) is 10.5 Å². The first-order valence-electron chi connectivity index (χ1n) is 5.97. The molecule has 2 rings (SSSR count). The Morgan fingerprint density at radius 3 is 2.95 bits per heavy atom. The first-order chi connectivity index (χ1) is 8.96. The van der Waals surface area contributed by atoms with E-state index in [4.69, 9.17) is 10.9 Å². The van der Waals surface area contributed by atoms with E-state index in [9.17, 15) is 8.42 Å². The molecule has 0 bridgehead atoms. The summed E-state index contributed by atoms with van der Waals surface area (Å²) in [5.74, 6) is 0.440. The highest BCUT2D eigenvalue weighted by Crippen LogP contribution is 2.24. The lowest BCUT2D eigenvalue weighted by Crippen LogP contribution is -2.50. The number of nitrogens with zero attached hydrogens (tertiary/aromatic N) is 3. The summed E-state index contributed by atoms with van der Waals surface area (Å²) in [5.41, 5.74) is 5.59. The summed E-state index contributed by atoms with van der Waals surface area (Å²) in [6.45, 7) is 2.03. The highest BCUT2D eigenvalue weighted by molar-refractivity contribution is 7.89. The molecule has 0 spiro atoms. The number of rotatable bonds is 3. The summed E-state index contributed by atoms with van der Waals surface area (Å²) >= 11 is 0. The Morgan fingerprint density at radius 2 is 2.37 bits per heavy atom. The number of H-pyrrole nitrogens is 1. The van der Waals surface area contributed by atoms with E-state index < -0.39 is 16.1 Å². The largest absolute Gasteiger partial charge is 0.409 e. The zero-order valence-corrected chi connectivity index (χ0v) is 11.4. The summed E-state index contributed by atoms with van der Waals surface area (Å²) < 4.78 is 26.3. The number of aryl methyl sites for hydroxylation is 1. The summed E-state index contributed by atoms with van der Waals surface area (Å²) in [7, 11) is -3.70. The van der Waals surface area contributed by atoms with Crippen molar-refractivity contribution >= 4 is 15.9 Å². The summed E-state index contributed by atoms with van der Waals surface area (Å²) in [4.78, 5) is 6.60. The average Bonchev–Trinajstić information content (AvgIpc) is 2.85. The van der Waals surface area contributed by atoms with Crippen LogP contribution in [0.25, 0.3) is 0 Å². The highest BCUT2D eigenvalue weighted by atomic mass is 32.2. The van der Waals surface area contributed by atoms with Crippen LogP contribution in [0.15, 0.2) is 16.4 Å². The molecule has 1 aromatic rings. The third-order valence-electron chi connectivity index (χ3n) is 3.18. The minimum absolute atomic E-state index is 0.0302. The molecule has 1 aromatic heterocycles. The Hall–Kier alpha value is -1.61. The number of hydrogen-bond acceptors (Lipinski definition) is 5. The fourth-order valence-electron chi connectivity index (χ4n) is 2.21. The molecule has 1 aliphatic rings. The molecule has 0 radical (unpaired) electrons. The summed E-state index contributed by atoms with van der Waals surface area (Å²) in [6.07, 6.45) is 3.42. The molecule has 1 unspecified atom stereocenters. The van der Waals surface area contributed by atoms with E-state index in [1.54, 1.807) is 6.92 Å². The Kier molecular flexibility index (Phi) is 3.76. The number of sulfonamides is 1. The second-order valence-electron chi connectivity index (χ2n) is 4.49. The minimum atomic E-state index is -3.70. The molecule has 9 heteroatoms. The lowest BCUT2D eigenvalue weighted by atomic mass is 10.0. The SMILES string of the molecule is Cc1ncc(S(=O)(=O)N2CCCCC2C(N)=NO)[nH]1. The molecule has 0 amide bonds. The predicted molar refractivity (Wildman–Crippen MR) is 68.3 cm³/mol. The second-order valence-corrected chi connectivity index (χ2v) is 6.34. The van der Waals surface area contributed by atoms with Crippen LogP contribution in [0.4, 0.5) is 0 Å². The van der Waals surface area contributed by atoms with Gasteiger partial charge in [-0.3, -0.25) is 0 Å². The van der Waals surface area contributed by atoms with Crippen LogP contribution in [-0.4, -0.2) is 46.3 Å². The van der Waals surface area contributed by atoms with Gasteiger partial charge in [0.25, 0.3) is 10.0 Å². The van der Waals surface area contributed by atoms with Gasteiger partial charge in [-0.2, -0.15) is 4.31 Å². The van der Waals surface area contributed by atoms with Gasteiger partial charge in [0.05, 0.1) is 12.2 Å². The fraction of sp³-hybridized carbons (Fsp3) is 0.600. The second kappa shape index (κ2) is 5.17. The normalized spacial score (nSPS) is 22.6. The maximum Gasteiger partial charge on any atom is 0.260 e. The molecular weight excluding hydrogens is 270 g/mol. The van der Waals surface area contributed by atoms with Crippen LogP contribution in [0.5, 0.6) is 0 Å². The number of nitrogens with two attached hydrogens (primary N) is 1. The van der Waals surface area contributed by atoms with E-state index in [-0.39, 0.29) is 10.9 Å². The van der Waals surface area contributed by atoms with E-state index >= 15 is 0 Å². The van der Waals surface area contributed by atoms with Crippen molar-refractivity contribution < 1.29 is 13.6 Å². The van der Waals surface area contributed by atoms with Gasteiger partial charge in [-0.25, -0.2) is 13.4 Å². The lowest BCUT2D eigenvalue weighted by molar-refractivity contribution is 0.280. The molecule has 1 aliphatic heterocycles. The van der Waals surface area contributed by atoms with E-state index in [1.807, 2.05) is 0 Å². The first kappa shape index (κ1) is 13.8. The Labute approximate surface area is 111 Å². The van der Waals surface area contributed by atoms with E-state index in [0.717, 1.165) is 12.8 Å². The zero-order valence-electron chi connectivity index (χ0n) is 10.6. The Bertz CT molecular complexity index is 580. The molecular formula is C10H17N5O3S. The van der Waals surface area contributed by atoms with Gasteiger partial charge in [-0.15, -0.1) is 0 Å². The quantitative estimate of drug-likeness (QED) is 0.312. The van der Waals surface area contributed by atoms with Crippen molar-refractivity contribution in [2.45, 2.75) is 37.3 Å². The van der Waals surface area contributed by atoms with Gasteiger partial charge in [0.1, 0.15) is 5.82 Å². The number of piperidine rings is 1. The van der Waals surface area contributed by atoms with Crippen molar-refractivity contribution in [1.82, 2.24) is 14.3 Å². The fourth-order valence-corrected chi connectivity index (χ4v) is 3.84. The van der Waals surface area contributed by atoms with Gasteiger partial charge in [0.15, 0.2) is 10.9 Å². The van der Waals surface area contributed by atoms with Gasteiger partial charge in [0.2, 0.25) is 0 Å². The maximum atomic E-state index is 12.5. The number of aromatic nitrogens is 2. The Morgan fingerprint density at radius 1 is 1.63 bits per heavy atom. The third-order valence-corrected chi connectivity index (χ3v) is 4.99. The van der Waals surface area contributed by atoms with Crippen LogP contribution in [0.3, 0.4) is 0 Å². The Balaban J connectivity index is 2.37. The van der Waals surface area contributed by atoms with Crippen LogP contribution in [0, 0.1) is 6.92 Å². The van der Waals surface area contributed by atoms with E-state index in [0.29, 0.717) is 18.8 Å². The molecule has 1 saturated heterocycles. The van der Waals surface area contributed by atoms with Gasteiger partial charge in [-0.05, 0) is 19.8 Å². The van der Waals surface area contributed by atoms with Crippen molar-refractivity contribution in [2.24, 2.45) is 10.9 Å². The third kappa shape index (κ3) is 2.56. The highest BCUT2D eigenvalue weighted by Gasteiger charge is 2.36. The van der Waals surface area contributed by atoms with Gasteiger partial charge >= 0.3 is 0 Å². The zero-order chi connectivity index (χ0) is 14.0. The van der Waals surface area contributed by atoms with E-state index in [2.05, 4.69) is 15.1 Å². The van der Waals surface area contributed by atoms with Crippen LogP contribution in [-0.2, 0) is 10.0 Å². The standard InChI is InChI=1S/C10H17N5O3S/c1-7-12-6-9(13-7)19(17,18)15-5-3-2-4-8(15)10(11)14-16/h6,8,16H,2-5H2,1H3,(H2,11,14)(H,12,13). The van der Waals surface area contributed by atoms with Gasteiger partial charge < -0.3 is 15.9 Å². The van der Waals surface area contributed by atoms with Gasteiger partial charge in [-0.1, -0.05) is 11.6 Å². The van der Waals surface area contributed by atoms with Crippen LogP contribution in [0.1, 0.15) is 25.1 Å². The molecule has 0 saturated carbocycles. The topological polar surface area (TPSA) is 125 Å². The number of nitrogens with one attached hydrogen (secondary N) is 1. The number of hydrogen-bond donors (Lipinski definition) is 3. The smallest absolute Gasteiger partial charge is 0.260 e. The minimum Gasteiger partial charge on any atom is -0.409 e. The number of imidazole rings is 1. The van der Waals surface area contributed by atoms with Crippen LogP contribution >= 0.6 is 0 Å². The molecule has 1 fully saturated rings. The van der Waals surface area contributed by atoms with Crippen LogP contribution < -0.4 is 5.73 Å². The predicted octanol–water partition coefficient (Wildman–Crippen LogP) is 0.00772. The first-order valence-corrected chi connectivity index (χ1v) is 7.41. The molecule has 2 heterocycles. The van der Waals surface area contributed by atoms with Gasteiger partial charge in [0, 0.05) is 6.54 Å².